The second kappa shape index (κ2) is 10.5. The van der Waals surface area contributed by atoms with Crippen molar-refractivity contribution >= 4 is 56.4 Å². The Kier molecular flexibility index (Phi) is 7.91. The molecule has 2 N–H and O–H groups in total. The summed E-state index contributed by atoms with van der Waals surface area (Å²) in [6.45, 7) is 8.57. The highest BCUT2D eigenvalue weighted by Crippen LogP contribution is 2.40. The third-order valence-corrected chi connectivity index (χ3v) is 7.75. The number of nitrogens with one attached hydrogen (secondary N) is 2. The third kappa shape index (κ3) is 5.62. The minimum atomic E-state index is -0.694. The Bertz CT molecular complexity index is 1100. The quantitative estimate of drug-likeness (QED) is 0.551. The van der Waals surface area contributed by atoms with Gasteiger partial charge < -0.3 is 20.1 Å². The molecule has 1 aliphatic rings. The zero-order chi connectivity index (χ0) is 24.3. The normalized spacial score (nSPS) is 14.9. The number of hydrogen-bond donors (Lipinski definition) is 2. The molecule has 2 aromatic rings. The highest BCUT2D eigenvalue weighted by Gasteiger charge is 2.29. The van der Waals surface area contributed by atoms with Gasteiger partial charge in [-0.2, -0.15) is 0 Å². The van der Waals surface area contributed by atoms with Gasteiger partial charge in [0.15, 0.2) is 6.61 Å². The molecule has 8 nitrogen and oxygen atoms in total. The van der Waals surface area contributed by atoms with Crippen LogP contribution < -0.4 is 10.6 Å². The molecule has 0 spiro atoms. The SMILES string of the molecule is CCOC(=O)c1c(NC(=O)COC(=O)c2c(NC(C)=O)sc(C)c2C)sc2c1CCC(C)C2. The van der Waals surface area contributed by atoms with Crippen LogP contribution in [0.15, 0.2) is 0 Å². The smallest absolute Gasteiger partial charge is 0.341 e. The average molecular weight is 493 g/mol. The number of amides is 2. The molecule has 0 aliphatic heterocycles. The molecule has 0 fully saturated rings. The predicted octanol–water partition coefficient (Wildman–Crippen LogP) is 4.48. The zero-order valence-corrected chi connectivity index (χ0v) is 21.0. The Morgan fingerprint density at radius 3 is 2.33 bits per heavy atom. The second-order valence-corrected chi connectivity index (χ2v) is 10.4. The molecule has 2 heterocycles. The van der Waals surface area contributed by atoms with E-state index in [-0.39, 0.29) is 18.1 Å². The lowest BCUT2D eigenvalue weighted by molar-refractivity contribution is -0.119. The number of esters is 2. The van der Waals surface area contributed by atoms with Gasteiger partial charge in [-0.05, 0) is 57.1 Å². The summed E-state index contributed by atoms with van der Waals surface area (Å²) in [4.78, 5) is 51.3. The molecule has 0 bridgehead atoms. The summed E-state index contributed by atoms with van der Waals surface area (Å²) in [6.07, 6.45) is 2.58. The minimum Gasteiger partial charge on any atom is -0.462 e. The van der Waals surface area contributed by atoms with Gasteiger partial charge >= 0.3 is 11.9 Å². The summed E-state index contributed by atoms with van der Waals surface area (Å²) in [6, 6.07) is 0. The first kappa shape index (κ1) is 24.9. The van der Waals surface area contributed by atoms with Crippen molar-refractivity contribution < 1.29 is 28.7 Å². The van der Waals surface area contributed by atoms with Crippen LogP contribution in [0.25, 0.3) is 0 Å². The number of carbonyl (C=O) groups is 4. The number of hydrogen-bond acceptors (Lipinski definition) is 8. The number of fused-ring (bicyclic) bond motifs is 1. The predicted molar refractivity (Wildman–Crippen MR) is 128 cm³/mol. The van der Waals surface area contributed by atoms with Crippen molar-refractivity contribution in [3.63, 3.8) is 0 Å². The van der Waals surface area contributed by atoms with Crippen LogP contribution in [0.5, 0.6) is 0 Å². The molecule has 2 aromatic heterocycles. The molecule has 33 heavy (non-hydrogen) atoms. The molecular weight excluding hydrogens is 464 g/mol. The van der Waals surface area contributed by atoms with E-state index in [2.05, 4.69) is 17.6 Å². The molecule has 1 atom stereocenters. The van der Waals surface area contributed by atoms with Gasteiger partial charge in [0.2, 0.25) is 5.91 Å². The Balaban J connectivity index is 1.74. The average Bonchev–Trinajstić information content (AvgIpc) is 3.21. The molecule has 178 valence electrons. The third-order valence-electron chi connectivity index (χ3n) is 5.46. The van der Waals surface area contributed by atoms with Gasteiger partial charge in [-0.25, -0.2) is 9.59 Å². The Morgan fingerprint density at radius 2 is 1.67 bits per heavy atom. The van der Waals surface area contributed by atoms with Gasteiger partial charge in [-0.1, -0.05) is 6.92 Å². The van der Waals surface area contributed by atoms with Crippen LogP contribution >= 0.6 is 22.7 Å². The summed E-state index contributed by atoms with van der Waals surface area (Å²) < 4.78 is 10.5. The largest absolute Gasteiger partial charge is 0.462 e. The van der Waals surface area contributed by atoms with Crippen molar-refractivity contribution in [1.29, 1.82) is 0 Å². The molecule has 1 aliphatic carbocycles. The second-order valence-electron chi connectivity index (χ2n) is 8.07. The van der Waals surface area contributed by atoms with Crippen LogP contribution in [0, 0.1) is 19.8 Å². The van der Waals surface area contributed by atoms with Gasteiger partial charge in [-0.15, -0.1) is 22.7 Å². The number of thiophene rings is 2. The number of carbonyl (C=O) groups excluding carboxylic acids is 4. The van der Waals surface area contributed by atoms with E-state index in [4.69, 9.17) is 9.47 Å². The summed E-state index contributed by atoms with van der Waals surface area (Å²) in [7, 11) is 0. The maximum atomic E-state index is 12.7. The van der Waals surface area contributed by atoms with E-state index < -0.39 is 24.5 Å². The maximum Gasteiger partial charge on any atom is 0.341 e. The van der Waals surface area contributed by atoms with Gasteiger partial charge in [0.05, 0.1) is 17.7 Å². The first-order valence-electron chi connectivity index (χ1n) is 10.8. The lowest BCUT2D eigenvalue weighted by atomic mass is 9.88. The van der Waals surface area contributed by atoms with Gasteiger partial charge in [0.25, 0.3) is 5.91 Å². The van der Waals surface area contributed by atoms with E-state index in [9.17, 15) is 19.2 Å². The first-order valence-corrected chi connectivity index (χ1v) is 12.4. The topological polar surface area (TPSA) is 111 Å². The van der Waals surface area contributed by atoms with Crippen molar-refractivity contribution in [2.24, 2.45) is 5.92 Å². The molecule has 0 aromatic carbocycles. The van der Waals surface area contributed by atoms with Crippen molar-refractivity contribution in [2.75, 3.05) is 23.8 Å². The number of aryl methyl sites for hydroxylation is 1. The van der Waals surface area contributed by atoms with E-state index >= 15 is 0 Å². The van der Waals surface area contributed by atoms with Gasteiger partial charge in [0, 0.05) is 16.7 Å². The highest BCUT2D eigenvalue weighted by molar-refractivity contribution is 7.17. The van der Waals surface area contributed by atoms with Crippen molar-refractivity contribution in [2.45, 2.75) is 53.9 Å². The highest BCUT2D eigenvalue weighted by atomic mass is 32.1. The van der Waals surface area contributed by atoms with Crippen LogP contribution in [0.1, 0.15) is 68.8 Å². The van der Waals surface area contributed by atoms with Gasteiger partial charge in [0.1, 0.15) is 10.0 Å². The Morgan fingerprint density at radius 1 is 1.00 bits per heavy atom. The molecule has 10 heteroatoms. The van der Waals surface area contributed by atoms with Crippen LogP contribution in [0.4, 0.5) is 10.0 Å². The van der Waals surface area contributed by atoms with E-state index in [1.165, 1.54) is 29.6 Å². The van der Waals surface area contributed by atoms with Crippen molar-refractivity contribution in [3.8, 4) is 0 Å². The van der Waals surface area contributed by atoms with E-state index in [1.807, 2.05) is 6.92 Å². The maximum absolute atomic E-state index is 12.7. The summed E-state index contributed by atoms with van der Waals surface area (Å²) >= 11 is 2.65. The zero-order valence-electron chi connectivity index (χ0n) is 19.4. The number of ether oxygens (including phenoxy) is 2. The molecule has 0 saturated heterocycles. The van der Waals surface area contributed by atoms with Gasteiger partial charge in [-0.3, -0.25) is 9.59 Å². The minimum absolute atomic E-state index is 0.237. The van der Waals surface area contributed by atoms with E-state index in [1.54, 1.807) is 13.8 Å². The lowest BCUT2D eigenvalue weighted by Crippen LogP contribution is -2.22. The Labute approximate surface area is 200 Å². The fourth-order valence-electron chi connectivity index (χ4n) is 3.74. The fourth-order valence-corrected chi connectivity index (χ4v) is 6.25. The molecule has 0 saturated carbocycles. The van der Waals surface area contributed by atoms with Crippen molar-refractivity contribution in [3.05, 3.63) is 32.0 Å². The number of rotatable bonds is 7. The monoisotopic (exact) mass is 492 g/mol. The Hall–Kier alpha value is -2.72. The van der Waals surface area contributed by atoms with Crippen LogP contribution in [0.2, 0.25) is 0 Å². The lowest BCUT2D eigenvalue weighted by Gasteiger charge is -2.18. The summed E-state index contributed by atoms with van der Waals surface area (Å²) in [5.74, 6) is -1.50. The summed E-state index contributed by atoms with van der Waals surface area (Å²) in [5.41, 5.74) is 2.28. The molecule has 1 unspecified atom stereocenters. The molecule has 0 radical (unpaired) electrons. The van der Waals surface area contributed by atoms with Crippen molar-refractivity contribution in [1.82, 2.24) is 0 Å². The fraction of sp³-hybridized carbons (Fsp3) is 0.478. The number of anilines is 2. The van der Waals surface area contributed by atoms with E-state index in [0.29, 0.717) is 27.0 Å². The van der Waals surface area contributed by atoms with E-state index in [0.717, 1.165) is 34.6 Å². The summed E-state index contributed by atoms with van der Waals surface area (Å²) in [5, 5.41) is 6.19. The van der Waals surface area contributed by atoms with Crippen LogP contribution in [0.3, 0.4) is 0 Å². The molecular formula is C23H28N2O6S2. The standard InChI is InChI=1S/C23H28N2O6S2/c1-6-30-23(29)19-15-8-7-11(2)9-16(15)33-21(19)25-17(27)10-31-22(28)18-12(3)13(4)32-20(18)24-14(5)26/h11H,6-10H2,1-5H3,(H,24,26)(H,25,27). The van der Waals surface area contributed by atoms with Crippen LogP contribution in [-0.4, -0.2) is 37.0 Å². The molecule has 2 amide bonds. The molecule has 3 rings (SSSR count). The van der Waals surface area contributed by atoms with Crippen LogP contribution in [-0.2, 0) is 31.9 Å². The first-order chi connectivity index (χ1) is 15.6.